The van der Waals surface area contributed by atoms with E-state index < -0.39 is 5.25 Å². The van der Waals surface area contributed by atoms with Crippen molar-refractivity contribution in [3.05, 3.63) is 113 Å². The van der Waals surface area contributed by atoms with Crippen LogP contribution in [-0.2, 0) is 9.59 Å². The molecular formula is C31H25ClN4O2S. The maximum Gasteiger partial charge on any atom is 0.262 e. The van der Waals surface area contributed by atoms with Gasteiger partial charge in [-0.25, -0.2) is 5.01 Å². The molecule has 6 rings (SSSR count). The molecule has 2 unspecified atom stereocenters. The number of hydrogen-bond donors (Lipinski definition) is 1. The first kappa shape index (κ1) is 25.3. The first-order valence-electron chi connectivity index (χ1n) is 12.7. The lowest BCUT2D eigenvalue weighted by Crippen LogP contribution is -2.25. The number of nitrogens with zero attached hydrogens (tertiary/aromatic N) is 3. The number of thioether (sulfide) groups is 1. The number of carbonyl (C=O) groups is 2. The van der Waals surface area contributed by atoms with Crippen molar-refractivity contribution < 1.29 is 9.59 Å². The van der Waals surface area contributed by atoms with Gasteiger partial charge in [0, 0.05) is 23.6 Å². The van der Waals surface area contributed by atoms with Crippen LogP contribution in [0, 0.1) is 6.92 Å². The van der Waals surface area contributed by atoms with Gasteiger partial charge in [0.25, 0.3) is 5.91 Å². The summed E-state index contributed by atoms with van der Waals surface area (Å²) in [6, 6.07) is 29.6. The summed E-state index contributed by atoms with van der Waals surface area (Å²) in [5.41, 5.74) is 4.72. The second-order valence-electron chi connectivity index (χ2n) is 9.69. The molecule has 0 aromatic heterocycles. The van der Waals surface area contributed by atoms with E-state index in [1.807, 2.05) is 72.6 Å². The number of amidine groups is 1. The van der Waals surface area contributed by atoms with E-state index >= 15 is 0 Å². The summed E-state index contributed by atoms with van der Waals surface area (Å²) in [6.07, 6.45) is 0.678. The molecule has 2 atom stereocenters. The van der Waals surface area contributed by atoms with Crippen LogP contribution in [-0.4, -0.2) is 33.0 Å². The maximum absolute atomic E-state index is 12.9. The molecule has 4 aromatic rings. The third-order valence-corrected chi connectivity index (χ3v) is 8.24. The van der Waals surface area contributed by atoms with Gasteiger partial charge in [-0.05, 0) is 64.7 Å². The summed E-state index contributed by atoms with van der Waals surface area (Å²) in [5.74, 6) is -0.544. The SMILES string of the molecule is Cc1cccc(NC(=O)CC2SC(N3N=C(c4ccc5ccccc5c4)CC3c3ccc(Cl)cc3)=NC2=O)c1. The minimum absolute atomic E-state index is 0.0329. The Morgan fingerprint density at radius 2 is 1.79 bits per heavy atom. The van der Waals surface area contributed by atoms with Crippen molar-refractivity contribution >= 4 is 62.5 Å². The Hall–Kier alpha value is -3.94. The fourth-order valence-electron chi connectivity index (χ4n) is 4.88. The van der Waals surface area contributed by atoms with Crippen molar-refractivity contribution in [3.63, 3.8) is 0 Å². The van der Waals surface area contributed by atoms with Crippen LogP contribution >= 0.6 is 23.4 Å². The summed E-state index contributed by atoms with van der Waals surface area (Å²) in [6.45, 7) is 1.96. The van der Waals surface area contributed by atoms with Gasteiger partial charge in [-0.2, -0.15) is 10.1 Å². The summed E-state index contributed by atoms with van der Waals surface area (Å²) < 4.78 is 0. The number of amides is 2. The molecule has 2 heterocycles. The largest absolute Gasteiger partial charge is 0.326 e. The maximum atomic E-state index is 12.9. The molecule has 4 aromatic carbocycles. The monoisotopic (exact) mass is 552 g/mol. The minimum Gasteiger partial charge on any atom is -0.326 e. The third-order valence-electron chi connectivity index (χ3n) is 6.85. The highest BCUT2D eigenvalue weighted by atomic mass is 35.5. The van der Waals surface area contributed by atoms with E-state index in [1.165, 1.54) is 17.1 Å². The van der Waals surface area contributed by atoms with Gasteiger partial charge in [-0.1, -0.05) is 84.0 Å². The molecule has 0 saturated heterocycles. The van der Waals surface area contributed by atoms with Gasteiger partial charge in [0.15, 0.2) is 5.17 Å². The Labute approximate surface area is 235 Å². The normalized spacial score (nSPS) is 18.8. The number of aryl methyl sites for hydroxylation is 1. The lowest BCUT2D eigenvalue weighted by atomic mass is 9.97. The highest BCUT2D eigenvalue weighted by Gasteiger charge is 2.39. The topological polar surface area (TPSA) is 74.1 Å². The van der Waals surface area contributed by atoms with E-state index in [0.717, 1.165) is 27.8 Å². The second kappa shape index (κ2) is 10.7. The van der Waals surface area contributed by atoms with Crippen molar-refractivity contribution in [1.29, 1.82) is 0 Å². The fourth-order valence-corrected chi connectivity index (χ4v) is 6.07. The van der Waals surface area contributed by atoms with Gasteiger partial charge in [-0.15, -0.1) is 0 Å². The van der Waals surface area contributed by atoms with Crippen molar-refractivity contribution in [2.75, 3.05) is 5.32 Å². The number of rotatable bonds is 5. The lowest BCUT2D eigenvalue weighted by molar-refractivity contribution is -0.121. The number of hydrogen-bond acceptors (Lipinski definition) is 5. The first-order chi connectivity index (χ1) is 18.9. The average Bonchev–Trinajstić information content (AvgIpc) is 3.53. The standard InChI is InChI=1S/C31H25ClN4O2S/c1-19-5-4-8-25(15-19)33-29(37)18-28-30(38)34-31(39-28)36-27(21-11-13-24(32)14-12-21)17-26(35-36)23-10-9-20-6-2-3-7-22(20)16-23/h2-16,27-28H,17-18H2,1H3,(H,33,37). The summed E-state index contributed by atoms with van der Waals surface area (Å²) in [4.78, 5) is 30.0. The van der Waals surface area contributed by atoms with Crippen LogP contribution in [0.2, 0.25) is 5.02 Å². The predicted molar refractivity (Wildman–Crippen MR) is 159 cm³/mol. The molecule has 8 heteroatoms. The van der Waals surface area contributed by atoms with E-state index in [2.05, 4.69) is 40.6 Å². The fraction of sp³-hybridized carbons (Fsp3) is 0.161. The molecule has 2 aliphatic rings. The van der Waals surface area contributed by atoms with Crippen LogP contribution in [0.25, 0.3) is 10.8 Å². The number of carbonyl (C=O) groups excluding carboxylic acids is 2. The van der Waals surface area contributed by atoms with Crippen LogP contribution in [0.3, 0.4) is 0 Å². The summed E-state index contributed by atoms with van der Waals surface area (Å²) in [5, 5.41) is 12.5. The Morgan fingerprint density at radius 1 is 1.00 bits per heavy atom. The molecule has 2 aliphatic heterocycles. The van der Waals surface area contributed by atoms with E-state index in [9.17, 15) is 9.59 Å². The van der Waals surface area contributed by atoms with Crippen LogP contribution in [0.4, 0.5) is 5.69 Å². The van der Waals surface area contributed by atoms with E-state index in [0.29, 0.717) is 22.3 Å². The quantitative estimate of drug-likeness (QED) is 0.290. The van der Waals surface area contributed by atoms with E-state index in [-0.39, 0.29) is 24.3 Å². The molecule has 0 aliphatic carbocycles. The lowest BCUT2D eigenvalue weighted by Gasteiger charge is -2.23. The molecule has 0 spiro atoms. The molecule has 2 amide bonds. The van der Waals surface area contributed by atoms with Gasteiger partial charge in [0.2, 0.25) is 5.91 Å². The highest BCUT2D eigenvalue weighted by Crippen LogP contribution is 2.39. The molecular weight excluding hydrogens is 528 g/mol. The van der Waals surface area contributed by atoms with Gasteiger partial charge in [0.05, 0.1) is 11.8 Å². The van der Waals surface area contributed by atoms with Gasteiger partial charge in [-0.3, -0.25) is 9.59 Å². The second-order valence-corrected chi connectivity index (χ2v) is 11.3. The van der Waals surface area contributed by atoms with Crippen LogP contribution in [0.1, 0.15) is 35.6 Å². The highest BCUT2D eigenvalue weighted by molar-refractivity contribution is 8.15. The molecule has 0 fully saturated rings. The molecule has 0 radical (unpaired) electrons. The molecule has 0 saturated carbocycles. The van der Waals surface area contributed by atoms with E-state index in [4.69, 9.17) is 16.7 Å². The van der Waals surface area contributed by atoms with Gasteiger partial charge >= 0.3 is 0 Å². The number of fused-ring (bicyclic) bond motifs is 1. The number of anilines is 1. The smallest absolute Gasteiger partial charge is 0.262 e. The van der Waals surface area contributed by atoms with Gasteiger partial charge < -0.3 is 5.32 Å². The number of halogens is 1. The Bertz CT molecular complexity index is 1650. The zero-order valence-electron chi connectivity index (χ0n) is 21.2. The number of benzene rings is 4. The predicted octanol–water partition coefficient (Wildman–Crippen LogP) is 6.98. The van der Waals surface area contributed by atoms with Crippen LogP contribution < -0.4 is 5.32 Å². The summed E-state index contributed by atoms with van der Waals surface area (Å²) in [7, 11) is 0. The molecule has 6 nitrogen and oxygen atoms in total. The zero-order valence-corrected chi connectivity index (χ0v) is 22.7. The minimum atomic E-state index is -0.601. The van der Waals surface area contributed by atoms with Crippen molar-refractivity contribution in [1.82, 2.24) is 5.01 Å². The Morgan fingerprint density at radius 3 is 2.59 bits per heavy atom. The zero-order chi connectivity index (χ0) is 26.9. The third kappa shape index (κ3) is 5.46. The number of nitrogens with one attached hydrogen (secondary N) is 1. The first-order valence-corrected chi connectivity index (χ1v) is 14.0. The van der Waals surface area contributed by atoms with Crippen LogP contribution in [0.5, 0.6) is 0 Å². The van der Waals surface area contributed by atoms with Crippen molar-refractivity contribution in [2.45, 2.75) is 31.1 Å². The molecule has 39 heavy (non-hydrogen) atoms. The van der Waals surface area contributed by atoms with Gasteiger partial charge in [0.1, 0.15) is 5.25 Å². The average molecular weight is 553 g/mol. The van der Waals surface area contributed by atoms with E-state index in [1.54, 1.807) is 0 Å². The summed E-state index contributed by atoms with van der Waals surface area (Å²) >= 11 is 7.45. The molecule has 0 bridgehead atoms. The van der Waals surface area contributed by atoms with Crippen LogP contribution in [0.15, 0.2) is 101 Å². The van der Waals surface area contributed by atoms with Crippen molar-refractivity contribution in [3.8, 4) is 0 Å². The number of hydrazone groups is 1. The molecule has 194 valence electrons. The molecule has 1 N–H and O–H groups in total. The number of aliphatic imine (C=N–C) groups is 1. The van der Waals surface area contributed by atoms with Crippen molar-refractivity contribution in [2.24, 2.45) is 10.1 Å². The Kier molecular flexibility index (Phi) is 6.94. The Balaban J connectivity index is 1.25.